The molecule has 0 spiro atoms. The first-order valence-electron chi connectivity index (χ1n) is 6.78. The number of aryl methyl sites for hydroxylation is 1. The molecule has 18 heavy (non-hydrogen) atoms. The van der Waals surface area contributed by atoms with Crippen LogP contribution in [0.5, 0.6) is 0 Å². The Morgan fingerprint density at radius 2 is 1.22 bits per heavy atom. The van der Waals surface area contributed by atoms with E-state index in [2.05, 4.69) is 61.5 Å². The summed E-state index contributed by atoms with van der Waals surface area (Å²) in [6.45, 7) is 6.20. The van der Waals surface area contributed by atoms with Crippen LogP contribution in [0.4, 0.5) is 0 Å². The number of hydrogen-bond acceptors (Lipinski definition) is 0. The Balaban J connectivity index is 0.000000574. The van der Waals surface area contributed by atoms with Gasteiger partial charge in [0.1, 0.15) is 0 Å². The number of rotatable bonds is 1. The Morgan fingerprint density at radius 3 is 1.83 bits per heavy atom. The lowest BCUT2D eigenvalue weighted by molar-refractivity contribution is 1.15. The monoisotopic (exact) mass is 236 g/mol. The van der Waals surface area contributed by atoms with Gasteiger partial charge in [-0.05, 0) is 45.7 Å². The van der Waals surface area contributed by atoms with Crippen molar-refractivity contribution >= 4 is 21.5 Å². The minimum atomic E-state index is 1.10. The zero-order valence-electron chi connectivity index (χ0n) is 11.4. The molecule has 0 saturated heterocycles. The molecule has 0 saturated carbocycles. The van der Waals surface area contributed by atoms with Gasteiger partial charge < -0.3 is 0 Å². The van der Waals surface area contributed by atoms with E-state index in [4.69, 9.17) is 0 Å². The smallest absolute Gasteiger partial charge is 0.0175 e. The number of fused-ring (bicyclic) bond motifs is 2. The molecule has 0 amide bonds. The molecule has 0 radical (unpaired) electrons. The van der Waals surface area contributed by atoms with Gasteiger partial charge in [0.25, 0.3) is 0 Å². The van der Waals surface area contributed by atoms with Crippen molar-refractivity contribution < 1.29 is 0 Å². The summed E-state index contributed by atoms with van der Waals surface area (Å²) >= 11 is 0. The summed E-state index contributed by atoms with van der Waals surface area (Å²) in [4.78, 5) is 0. The van der Waals surface area contributed by atoms with Gasteiger partial charge in [0.2, 0.25) is 0 Å². The maximum absolute atomic E-state index is 2.29. The fourth-order valence-corrected chi connectivity index (χ4v) is 2.21. The lowest BCUT2D eigenvalue weighted by atomic mass is 10.0. The zero-order valence-corrected chi connectivity index (χ0v) is 11.4. The van der Waals surface area contributed by atoms with E-state index in [1.54, 1.807) is 0 Å². The Morgan fingerprint density at radius 1 is 0.667 bits per heavy atom. The molecule has 0 heteroatoms. The van der Waals surface area contributed by atoms with Crippen molar-refractivity contribution in [2.75, 3.05) is 0 Å². The SMILES string of the molecule is CC.CCc1ccc2cc3ccccc3cc2c1. The summed E-state index contributed by atoms with van der Waals surface area (Å²) in [6, 6.07) is 19.8. The van der Waals surface area contributed by atoms with E-state index < -0.39 is 0 Å². The van der Waals surface area contributed by atoms with E-state index in [-0.39, 0.29) is 0 Å². The quantitative estimate of drug-likeness (QED) is 0.484. The van der Waals surface area contributed by atoms with Crippen molar-refractivity contribution in [3.63, 3.8) is 0 Å². The van der Waals surface area contributed by atoms with Crippen molar-refractivity contribution in [2.24, 2.45) is 0 Å². The molecule has 92 valence electrons. The van der Waals surface area contributed by atoms with Crippen molar-refractivity contribution in [1.29, 1.82) is 0 Å². The molecule has 0 bridgehead atoms. The van der Waals surface area contributed by atoms with Gasteiger partial charge >= 0.3 is 0 Å². The van der Waals surface area contributed by atoms with Crippen LogP contribution in [0.2, 0.25) is 0 Å². The second-order valence-corrected chi connectivity index (χ2v) is 4.23. The van der Waals surface area contributed by atoms with Crippen LogP contribution in [-0.4, -0.2) is 0 Å². The summed E-state index contributed by atoms with van der Waals surface area (Å²) in [7, 11) is 0. The normalized spacial score (nSPS) is 10.2. The second kappa shape index (κ2) is 5.68. The van der Waals surface area contributed by atoms with E-state index >= 15 is 0 Å². The first kappa shape index (κ1) is 12.6. The van der Waals surface area contributed by atoms with Crippen LogP contribution in [0.3, 0.4) is 0 Å². The highest BCUT2D eigenvalue weighted by molar-refractivity contribution is 5.98. The molecule has 0 aliphatic carbocycles. The zero-order chi connectivity index (χ0) is 13.0. The highest BCUT2D eigenvalue weighted by atomic mass is 14.0. The average Bonchev–Trinajstić information content (AvgIpc) is 2.46. The maximum Gasteiger partial charge on any atom is -0.0175 e. The van der Waals surface area contributed by atoms with E-state index in [9.17, 15) is 0 Å². The van der Waals surface area contributed by atoms with Crippen LogP contribution in [-0.2, 0) is 6.42 Å². The van der Waals surface area contributed by atoms with Crippen molar-refractivity contribution in [3.05, 3.63) is 60.2 Å². The van der Waals surface area contributed by atoms with Crippen LogP contribution in [0.15, 0.2) is 54.6 Å². The predicted molar refractivity (Wildman–Crippen MR) is 82.2 cm³/mol. The molecule has 0 heterocycles. The molecular formula is C18H20. The number of benzene rings is 3. The van der Waals surface area contributed by atoms with Crippen LogP contribution in [0.1, 0.15) is 26.3 Å². The molecule has 0 aliphatic rings. The van der Waals surface area contributed by atoms with Gasteiger partial charge in [-0.25, -0.2) is 0 Å². The van der Waals surface area contributed by atoms with Gasteiger partial charge in [0, 0.05) is 0 Å². The van der Waals surface area contributed by atoms with Gasteiger partial charge in [-0.2, -0.15) is 0 Å². The largest absolute Gasteiger partial charge is 0.0683 e. The van der Waals surface area contributed by atoms with Crippen molar-refractivity contribution in [1.82, 2.24) is 0 Å². The lowest BCUT2D eigenvalue weighted by Crippen LogP contribution is -1.81. The Bertz CT molecular complexity index is 650. The fraction of sp³-hybridized carbons (Fsp3) is 0.222. The third kappa shape index (κ3) is 2.38. The minimum absolute atomic E-state index is 1.10. The summed E-state index contributed by atoms with van der Waals surface area (Å²) < 4.78 is 0. The second-order valence-electron chi connectivity index (χ2n) is 4.23. The molecule has 3 aromatic carbocycles. The topological polar surface area (TPSA) is 0 Å². The highest BCUT2D eigenvalue weighted by Crippen LogP contribution is 2.23. The van der Waals surface area contributed by atoms with Crippen LogP contribution < -0.4 is 0 Å². The predicted octanol–water partition coefficient (Wildman–Crippen LogP) is 5.58. The van der Waals surface area contributed by atoms with E-state index in [0.717, 1.165) is 6.42 Å². The molecule has 0 atom stereocenters. The Hall–Kier alpha value is -1.82. The van der Waals surface area contributed by atoms with Crippen LogP contribution in [0.25, 0.3) is 21.5 Å². The summed E-state index contributed by atoms with van der Waals surface area (Å²) in [5, 5.41) is 5.32. The molecule has 0 aliphatic heterocycles. The van der Waals surface area contributed by atoms with Crippen LogP contribution in [0, 0.1) is 0 Å². The van der Waals surface area contributed by atoms with Gasteiger partial charge in [-0.15, -0.1) is 0 Å². The minimum Gasteiger partial charge on any atom is -0.0683 e. The Kier molecular flexibility index (Phi) is 3.99. The molecule has 0 unspecified atom stereocenters. The van der Waals surface area contributed by atoms with E-state index in [1.165, 1.54) is 27.1 Å². The van der Waals surface area contributed by atoms with E-state index in [1.807, 2.05) is 13.8 Å². The number of hydrogen-bond donors (Lipinski definition) is 0. The third-order valence-electron chi connectivity index (χ3n) is 3.18. The highest BCUT2D eigenvalue weighted by Gasteiger charge is 1.98. The molecule has 0 nitrogen and oxygen atoms in total. The summed E-state index contributed by atoms with van der Waals surface area (Å²) in [5.41, 5.74) is 1.41. The molecule has 0 N–H and O–H groups in total. The standard InChI is InChI=1S/C16H14.C2H6/c1-2-12-7-8-15-10-13-5-3-4-6-14(13)11-16(15)9-12;1-2/h3-11H,2H2,1H3;1-2H3. The third-order valence-corrected chi connectivity index (χ3v) is 3.18. The first-order chi connectivity index (χ1) is 8.86. The molecule has 0 aromatic heterocycles. The molecular weight excluding hydrogens is 216 g/mol. The summed E-state index contributed by atoms with van der Waals surface area (Å²) in [5.74, 6) is 0. The molecule has 3 rings (SSSR count). The van der Waals surface area contributed by atoms with Gasteiger partial charge in [-0.3, -0.25) is 0 Å². The fourth-order valence-electron chi connectivity index (χ4n) is 2.21. The lowest BCUT2D eigenvalue weighted by Gasteiger charge is -2.04. The summed E-state index contributed by atoms with van der Waals surface area (Å²) in [6.07, 6.45) is 1.10. The maximum atomic E-state index is 2.29. The average molecular weight is 236 g/mol. The molecule has 3 aromatic rings. The van der Waals surface area contributed by atoms with Gasteiger partial charge in [0.05, 0.1) is 0 Å². The van der Waals surface area contributed by atoms with E-state index in [0.29, 0.717) is 0 Å². The van der Waals surface area contributed by atoms with Gasteiger partial charge in [-0.1, -0.05) is 63.2 Å². The van der Waals surface area contributed by atoms with Crippen molar-refractivity contribution in [3.8, 4) is 0 Å². The molecule has 0 fully saturated rings. The first-order valence-corrected chi connectivity index (χ1v) is 6.78. The van der Waals surface area contributed by atoms with Gasteiger partial charge in [0.15, 0.2) is 0 Å². The Labute approximate surface area is 109 Å². The van der Waals surface area contributed by atoms with Crippen molar-refractivity contribution in [2.45, 2.75) is 27.2 Å². The van der Waals surface area contributed by atoms with Crippen LogP contribution >= 0.6 is 0 Å².